The highest BCUT2D eigenvalue weighted by molar-refractivity contribution is 7.13. The minimum absolute atomic E-state index is 0.191. The first-order valence-corrected chi connectivity index (χ1v) is 11.1. The Morgan fingerprint density at radius 1 is 1.35 bits per heavy atom. The summed E-state index contributed by atoms with van der Waals surface area (Å²) in [4.78, 5) is 16.5. The fourth-order valence-electron chi connectivity index (χ4n) is 3.93. The molecule has 1 aliphatic heterocycles. The Hall–Kier alpha value is -0.620. The SMILES string of the molecule is CC1C(Cl)CC[C@@H]1CCCc1ccc(C(=O)OCCN2CCOCC2)s1. The molecule has 3 atom stereocenters. The van der Waals surface area contributed by atoms with Crippen LogP contribution < -0.4 is 0 Å². The monoisotopic (exact) mass is 399 g/mol. The van der Waals surface area contributed by atoms with E-state index in [0.717, 1.165) is 56.5 Å². The fraction of sp³-hybridized carbons (Fsp3) is 0.750. The number of alkyl halides is 1. The number of rotatable bonds is 8. The van der Waals surface area contributed by atoms with Crippen LogP contribution in [0.5, 0.6) is 0 Å². The molecule has 0 spiro atoms. The number of carbonyl (C=O) groups is 1. The quantitative estimate of drug-likeness (QED) is 0.484. The van der Waals surface area contributed by atoms with E-state index in [-0.39, 0.29) is 5.97 Å². The number of halogens is 1. The van der Waals surface area contributed by atoms with Crippen molar-refractivity contribution in [2.24, 2.45) is 11.8 Å². The van der Waals surface area contributed by atoms with Gasteiger partial charge in [-0.15, -0.1) is 22.9 Å². The Kier molecular flexibility index (Phi) is 7.79. The predicted octanol–water partition coefficient (Wildman–Crippen LogP) is 4.21. The van der Waals surface area contributed by atoms with Gasteiger partial charge in [0.05, 0.1) is 13.2 Å². The maximum absolute atomic E-state index is 12.2. The Labute approximate surface area is 165 Å². The standard InChI is InChI=1S/C20H30ClNO3S/c1-15-16(5-7-18(15)21)3-2-4-17-6-8-19(26-17)20(23)25-14-11-22-9-12-24-13-10-22/h6,8,15-16,18H,2-5,7,9-14H2,1H3/t15?,16-,18?/m0/s1. The average molecular weight is 400 g/mol. The Bertz CT molecular complexity index is 573. The maximum Gasteiger partial charge on any atom is 0.348 e. The van der Waals surface area contributed by atoms with Gasteiger partial charge in [0.2, 0.25) is 0 Å². The van der Waals surface area contributed by atoms with Crippen molar-refractivity contribution < 1.29 is 14.3 Å². The van der Waals surface area contributed by atoms with Gasteiger partial charge in [0.25, 0.3) is 0 Å². The van der Waals surface area contributed by atoms with Crippen LogP contribution in [-0.2, 0) is 15.9 Å². The lowest BCUT2D eigenvalue weighted by Crippen LogP contribution is -2.38. The molecule has 2 fully saturated rings. The van der Waals surface area contributed by atoms with Crippen molar-refractivity contribution in [1.82, 2.24) is 4.90 Å². The molecule has 0 bridgehead atoms. The van der Waals surface area contributed by atoms with Crippen LogP contribution in [0.3, 0.4) is 0 Å². The Morgan fingerprint density at radius 2 is 2.15 bits per heavy atom. The first-order chi connectivity index (χ1) is 12.6. The molecule has 2 unspecified atom stereocenters. The highest BCUT2D eigenvalue weighted by atomic mass is 35.5. The van der Waals surface area contributed by atoms with Crippen molar-refractivity contribution in [3.8, 4) is 0 Å². The molecule has 0 radical (unpaired) electrons. The van der Waals surface area contributed by atoms with E-state index < -0.39 is 0 Å². The zero-order valence-electron chi connectivity index (χ0n) is 15.6. The molecular formula is C20H30ClNO3S. The van der Waals surface area contributed by atoms with Crippen LogP contribution in [0, 0.1) is 11.8 Å². The summed E-state index contributed by atoms with van der Waals surface area (Å²) in [5.74, 6) is 1.21. The Morgan fingerprint density at radius 3 is 2.88 bits per heavy atom. The molecule has 2 heterocycles. The minimum Gasteiger partial charge on any atom is -0.460 e. The van der Waals surface area contributed by atoms with Gasteiger partial charge in [-0.25, -0.2) is 4.79 Å². The molecule has 1 aliphatic carbocycles. The van der Waals surface area contributed by atoms with Gasteiger partial charge in [-0.05, 0) is 56.1 Å². The molecule has 1 aromatic heterocycles. The van der Waals surface area contributed by atoms with Gasteiger partial charge in [-0.3, -0.25) is 4.90 Å². The van der Waals surface area contributed by atoms with Gasteiger partial charge in [-0.2, -0.15) is 0 Å². The van der Waals surface area contributed by atoms with Crippen molar-refractivity contribution >= 4 is 28.9 Å². The number of morpholine rings is 1. The number of aryl methyl sites for hydroxylation is 1. The van der Waals surface area contributed by atoms with E-state index in [1.54, 1.807) is 11.3 Å². The van der Waals surface area contributed by atoms with Crippen LogP contribution in [0.25, 0.3) is 0 Å². The second-order valence-corrected chi connectivity index (χ2v) is 9.19. The molecule has 0 aromatic carbocycles. The molecule has 1 saturated carbocycles. The maximum atomic E-state index is 12.2. The normalized spacial score (nSPS) is 26.9. The van der Waals surface area contributed by atoms with Crippen molar-refractivity contribution in [3.05, 3.63) is 21.9 Å². The zero-order chi connectivity index (χ0) is 18.4. The van der Waals surface area contributed by atoms with Gasteiger partial charge >= 0.3 is 5.97 Å². The van der Waals surface area contributed by atoms with E-state index in [9.17, 15) is 4.79 Å². The molecule has 1 aromatic rings. The number of hydrogen-bond acceptors (Lipinski definition) is 5. The molecule has 0 amide bonds. The topological polar surface area (TPSA) is 38.8 Å². The third-order valence-corrected chi connectivity index (χ3v) is 7.47. The minimum atomic E-state index is -0.191. The van der Waals surface area contributed by atoms with Crippen molar-refractivity contribution in [2.45, 2.75) is 44.4 Å². The lowest BCUT2D eigenvalue weighted by molar-refractivity contribution is 0.0197. The van der Waals surface area contributed by atoms with Gasteiger partial charge in [0, 0.05) is 29.9 Å². The van der Waals surface area contributed by atoms with Crippen LogP contribution in [0.1, 0.15) is 47.2 Å². The molecule has 3 rings (SSSR count). The summed E-state index contributed by atoms with van der Waals surface area (Å²) in [5, 5.41) is 0.362. The number of carbonyl (C=O) groups excluding carboxylic acids is 1. The summed E-state index contributed by atoms with van der Waals surface area (Å²) in [6.07, 6.45) is 5.88. The number of thiophene rings is 1. The van der Waals surface area contributed by atoms with Gasteiger partial charge in [-0.1, -0.05) is 6.92 Å². The summed E-state index contributed by atoms with van der Waals surface area (Å²) >= 11 is 7.90. The first kappa shape index (κ1) is 20.1. The van der Waals surface area contributed by atoms with Gasteiger partial charge in [0.15, 0.2) is 0 Å². The molecule has 146 valence electrons. The smallest absolute Gasteiger partial charge is 0.348 e. The summed E-state index contributed by atoms with van der Waals surface area (Å²) in [5.41, 5.74) is 0. The molecule has 4 nitrogen and oxygen atoms in total. The molecule has 2 aliphatic rings. The average Bonchev–Trinajstić information content (AvgIpc) is 3.25. The van der Waals surface area contributed by atoms with Crippen LogP contribution in [0.4, 0.5) is 0 Å². The largest absolute Gasteiger partial charge is 0.460 e. The molecule has 1 saturated heterocycles. The van der Waals surface area contributed by atoms with E-state index in [2.05, 4.69) is 17.9 Å². The molecule has 0 N–H and O–H groups in total. The summed E-state index contributed by atoms with van der Waals surface area (Å²) in [7, 11) is 0. The van der Waals surface area contributed by atoms with Crippen LogP contribution in [0.15, 0.2) is 12.1 Å². The number of esters is 1. The lowest BCUT2D eigenvalue weighted by Gasteiger charge is -2.26. The van der Waals surface area contributed by atoms with Crippen molar-refractivity contribution in [2.75, 3.05) is 39.5 Å². The first-order valence-electron chi connectivity index (χ1n) is 9.83. The molecule has 26 heavy (non-hydrogen) atoms. The van der Waals surface area contributed by atoms with Gasteiger partial charge in [0.1, 0.15) is 11.5 Å². The highest BCUT2D eigenvalue weighted by Gasteiger charge is 2.30. The summed E-state index contributed by atoms with van der Waals surface area (Å²) in [6, 6.07) is 3.98. The molecular weight excluding hydrogens is 370 g/mol. The predicted molar refractivity (Wildman–Crippen MR) is 106 cm³/mol. The number of nitrogens with zero attached hydrogens (tertiary/aromatic N) is 1. The zero-order valence-corrected chi connectivity index (χ0v) is 17.2. The van der Waals surface area contributed by atoms with Crippen LogP contribution in [0.2, 0.25) is 0 Å². The van der Waals surface area contributed by atoms with E-state index in [0.29, 0.717) is 17.9 Å². The van der Waals surface area contributed by atoms with E-state index >= 15 is 0 Å². The fourth-order valence-corrected chi connectivity index (χ4v) is 5.20. The van der Waals surface area contributed by atoms with Gasteiger partial charge < -0.3 is 9.47 Å². The van der Waals surface area contributed by atoms with Crippen LogP contribution >= 0.6 is 22.9 Å². The van der Waals surface area contributed by atoms with Crippen molar-refractivity contribution in [1.29, 1.82) is 0 Å². The van der Waals surface area contributed by atoms with Crippen molar-refractivity contribution in [3.63, 3.8) is 0 Å². The second kappa shape index (κ2) is 10.1. The van der Waals surface area contributed by atoms with E-state index in [1.807, 2.05) is 6.07 Å². The summed E-state index contributed by atoms with van der Waals surface area (Å²) in [6.45, 7) is 6.90. The number of hydrogen-bond donors (Lipinski definition) is 0. The Balaban J connectivity index is 1.34. The van der Waals surface area contributed by atoms with E-state index in [4.69, 9.17) is 21.1 Å². The number of ether oxygens (including phenoxy) is 2. The second-order valence-electron chi connectivity index (χ2n) is 7.46. The third-order valence-electron chi connectivity index (χ3n) is 5.73. The lowest BCUT2D eigenvalue weighted by atomic mass is 9.92. The highest BCUT2D eigenvalue weighted by Crippen LogP contribution is 2.38. The van der Waals surface area contributed by atoms with Crippen LogP contribution in [-0.4, -0.2) is 55.7 Å². The summed E-state index contributed by atoms with van der Waals surface area (Å²) < 4.78 is 10.8. The third kappa shape index (κ3) is 5.69. The molecule has 6 heteroatoms. The van der Waals surface area contributed by atoms with E-state index in [1.165, 1.54) is 24.1 Å².